The summed E-state index contributed by atoms with van der Waals surface area (Å²) < 4.78 is 57.3. The number of rotatable bonds is 5. The molecule has 0 atom stereocenters. The molecule has 1 aromatic rings. The Bertz CT molecular complexity index is 475. The van der Waals surface area contributed by atoms with Crippen molar-refractivity contribution in [2.24, 2.45) is 0 Å². The van der Waals surface area contributed by atoms with E-state index in [0.717, 1.165) is 13.2 Å². The molecule has 1 N–H and O–H groups in total. The maximum absolute atomic E-state index is 12.6. The molecule has 5 nitrogen and oxygen atoms in total. The van der Waals surface area contributed by atoms with Crippen LogP contribution in [0.4, 0.5) is 17.6 Å². The molecule has 0 bridgehead atoms. The SMILES string of the molecule is COc1cc(CC(=O)O)c(OC(F)(F)F)nc1CF. The van der Waals surface area contributed by atoms with E-state index in [2.05, 4.69) is 9.72 Å². The molecular formula is C10H9F4NO4. The van der Waals surface area contributed by atoms with E-state index >= 15 is 0 Å². The molecule has 0 radical (unpaired) electrons. The number of carboxylic acids is 1. The first-order chi connectivity index (χ1) is 8.76. The average molecular weight is 283 g/mol. The first kappa shape index (κ1) is 15.0. The molecule has 19 heavy (non-hydrogen) atoms. The lowest BCUT2D eigenvalue weighted by molar-refractivity contribution is -0.276. The van der Waals surface area contributed by atoms with Gasteiger partial charge in [0.25, 0.3) is 0 Å². The lowest BCUT2D eigenvalue weighted by Crippen LogP contribution is -2.20. The van der Waals surface area contributed by atoms with E-state index in [0.29, 0.717) is 0 Å². The molecule has 0 fully saturated rings. The van der Waals surface area contributed by atoms with Gasteiger partial charge in [0.1, 0.15) is 18.1 Å². The monoisotopic (exact) mass is 283 g/mol. The van der Waals surface area contributed by atoms with Crippen LogP contribution in [0.3, 0.4) is 0 Å². The zero-order valence-corrected chi connectivity index (χ0v) is 9.62. The average Bonchev–Trinajstić information content (AvgIpc) is 2.28. The Morgan fingerprint density at radius 3 is 2.53 bits per heavy atom. The van der Waals surface area contributed by atoms with Crippen LogP contribution in [0.15, 0.2) is 6.07 Å². The zero-order valence-electron chi connectivity index (χ0n) is 9.62. The van der Waals surface area contributed by atoms with Crippen molar-refractivity contribution < 1.29 is 36.9 Å². The van der Waals surface area contributed by atoms with Crippen molar-refractivity contribution in [1.29, 1.82) is 0 Å². The first-order valence-corrected chi connectivity index (χ1v) is 4.87. The molecule has 1 heterocycles. The summed E-state index contributed by atoms with van der Waals surface area (Å²) in [5.41, 5.74) is -0.769. The summed E-state index contributed by atoms with van der Waals surface area (Å²) in [6.45, 7) is -1.18. The fourth-order valence-electron chi connectivity index (χ4n) is 1.31. The minimum Gasteiger partial charge on any atom is -0.495 e. The molecule has 0 saturated heterocycles. The van der Waals surface area contributed by atoms with Crippen molar-refractivity contribution in [3.63, 3.8) is 0 Å². The van der Waals surface area contributed by atoms with Crippen molar-refractivity contribution in [1.82, 2.24) is 4.98 Å². The quantitative estimate of drug-likeness (QED) is 0.838. The lowest BCUT2D eigenvalue weighted by Gasteiger charge is -2.14. The number of aromatic nitrogens is 1. The Morgan fingerprint density at radius 1 is 1.47 bits per heavy atom. The predicted molar refractivity (Wildman–Crippen MR) is 53.6 cm³/mol. The van der Waals surface area contributed by atoms with Crippen LogP contribution in [0.1, 0.15) is 11.3 Å². The maximum Gasteiger partial charge on any atom is 0.574 e. The molecule has 1 rings (SSSR count). The Kier molecular flexibility index (Phi) is 4.52. The molecular weight excluding hydrogens is 274 g/mol. The van der Waals surface area contributed by atoms with Gasteiger partial charge in [-0.1, -0.05) is 0 Å². The van der Waals surface area contributed by atoms with Gasteiger partial charge in [-0.25, -0.2) is 9.37 Å². The zero-order chi connectivity index (χ0) is 14.6. The number of ether oxygens (including phenoxy) is 2. The summed E-state index contributed by atoms with van der Waals surface area (Å²) in [5.74, 6) is -2.53. The summed E-state index contributed by atoms with van der Waals surface area (Å²) >= 11 is 0. The van der Waals surface area contributed by atoms with Crippen LogP contribution < -0.4 is 9.47 Å². The maximum atomic E-state index is 12.6. The Labute approximate surface area is 104 Å². The highest BCUT2D eigenvalue weighted by molar-refractivity contribution is 5.71. The second kappa shape index (κ2) is 5.72. The van der Waals surface area contributed by atoms with E-state index in [1.54, 1.807) is 0 Å². The number of carboxylic acid groups (broad SMARTS) is 1. The fraction of sp³-hybridized carbons (Fsp3) is 0.400. The van der Waals surface area contributed by atoms with Gasteiger partial charge < -0.3 is 14.6 Å². The highest BCUT2D eigenvalue weighted by Gasteiger charge is 2.33. The summed E-state index contributed by atoms with van der Waals surface area (Å²) in [6.07, 6.45) is -5.82. The molecule has 9 heteroatoms. The molecule has 106 valence electrons. The Hall–Kier alpha value is -2.06. The third kappa shape index (κ3) is 4.27. The van der Waals surface area contributed by atoms with E-state index in [4.69, 9.17) is 9.84 Å². The van der Waals surface area contributed by atoms with E-state index in [-0.39, 0.29) is 11.3 Å². The van der Waals surface area contributed by atoms with Gasteiger partial charge in [-0.05, 0) is 6.07 Å². The normalized spacial score (nSPS) is 11.2. The van der Waals surface area contributed by atoms with Crippen LogP contribution in [0, 0.1) is 0 Å². The molecule has 0 spiro atoms. The Balaban J connectivity index is 3.27. The van der Waals surface area contributed by atoms with Crippen LogP contribution >= 0.6 is 0 Å². The van der Waals surface area contributed by atoms with Crippen molar-refractivity contribution >= 4 is 5.97 Å². The number of hydrogen-bond acceptors (Lipinski definition) is 4. The smallest absolute Gasteiger partial charge is 0.495 e. The summed E-state index contributed by atoms with van der Waals surface area (Å²) in [7, 11) is 1.16. The number of pyridine rings is 1. The minimum absolute atomic E-state index is 0.145. The molecule has 0 aliphatic carbocycles. The molecule has 0 unspecified atom stereocenters. The second-order valence-corrected chi connectivity index (χ2v) is 3.35. The minimum atomic E-state index is -5.05. The number of hydrogen-bond donors (Lipinski definition) is 1. The summed E-state index contributed by atoms with van der Waals surface area (Å²) in [6, 6.07) is 0.955. The van der Waals surface area contributed by atoms with Crippen LogP contribution in [0.25, 0.3) is 0 Å². The third-order valence-corrected chi connectivity index (χ3v) is 2.00. The van der Waals surface area contributed by atoms with Gasteiger partial charge in [0.05, 0.1) is 13.5 Å². The van der Waals surface area contributed by atoms with Gasteiger partial charge in [0, 0.05) is 5.56 Å². The van der Waals surface area contributed by atoms with E-state index in [1.165, 1.54) is 0 Å². The van der Waals surface area contributed by atoms with E-state index < -0.39 is 37.0 Å². The largest absolute Gasteiger partial charge is 0.574 e. The second-order valence-electron chi connectivity index (χ2n) is 3.35. The Morgan fingerprint density at radius 2 is 2.11 bits per heavy atom. The van der Waals surface area contributed by atoms with Crippen LogP contribution in [0.2, 0.25) is 0 Å². The van der Waals surface area contributed by atoms with Gasteiger partial charge in [-0.2, -0.15) is 0 Å². The van der Waals surface area contributed by atoms with Gasteiger partial charge >= 0.3 is 12.3 Å². The van der Waals surface area contributed by atoms with Crippen LogP contribution in [-0.4, -0.2) is 29.5 Å². The van der Waals surface area contributed by atoms with Gasteiger partial charge in [-0.15, -0.1) is 13.2 Å². The lowest BCUT2D eigenvalue weighted by atomic mass is 10.1. The number of methoxy groups -OCH3 is 1. The van der Waals surface area contributed by atoms with Crippen molar-refractivity contribution in [3.05, 3.63) is 17.3 Å². The van der Waals surface area contributed by atoms with E-state index in [9.17, 15) is 22.4 Å². The van der Waals surface area contributed by atoms with Gasteiger partial charge in [0.2, 0.25) is 5.88 Å². The summed E-state index contributed by atoms with van der Waals surface area (Å²) in [4.78, 5) is 13.9. The van der Waals surface area contributed by atoms with Crippen molar-refractivity contribution in [3.8, 4) is 11.6 Å². The number of nitrogens with zero attached hydrogens (tertiary/aromatic N) is 1. The first-order valence-electron chi connectivity index (χ1n) is 4.87. The highest BCUT2D eigenvalue weighted by atomic mass is 19.4. The topological polar surface area (TPSA) is 68.7 Å². The van der Waals surface area contributed by atoms with Crippen molar-refractivity contribution in [2.45, 2.75) is 19.5 Å². The molecule has 0 saturated carbocycles. The number of carbonyl (C=O) groups is 1. The molecule has 0 amide bonds. The molecule has 1 aromatic heterocycles. The van der Waals surface area contributed by atoms with Crippen molar-refractivity contribution in [2.75, 3.05) is 7.11 Å². The van der Waals surface area contributed by atoms with Crippen LogP contribution in [0.5, 0.6) is 11.6 Å². The third-order valence-electron chi connectivity index (χ3n) is 2.00. The number of alkyl halides is 4. The highest BCUT2D eigenvalue weighted by Crippen LogP contribution is 2.30. The molecule has 0 aliphatic rings. The predicted octanol–water partition coefficient (Wildman–Crippen LogP) is 2.09. The van der Waals surface area contributed by atoms with Gasteiger partial charge in [-0.3, -0.25) is 4.79 Å². The molecule has 0 aliphatic heterocycles. The van der Waals surface area contributed by atoms with E-state index in [1.807, 2.05) is 0 Å². The number of aliphatic carboxylic acids is 1. The van der Waals surface area contributed by atoms with Crippen LogP contribution in [-0.2, 0) is 17.9 Å². The molecule has 0 aromatic carbocycles. The van der Waals surface area contributed by atoms with Gasteiger partial charge in [0.15, 0.2) is 0 Å². The fourth-order valence-corrected chi connectivity index (χ4v) is 1.31. The summed E-state index contributed by atoms with van der Waals surface area (Å²) in [5, 5.41) is 8.60. The number of halogens is 4. The standard InChI is InChI=1S/C10H9F4NO4/c1-18-7-2-5(3-8(16)17)9(15-6(7)4-11)19-10(12,13)14/h2H,3-4H2,1H3,(H,16,17).